The summed E-state index contributed by atoms with van der Waals surface area (Å²) in [6.07, 6.45) is 1.25. The van der Waals surface area contributed by atoms with Gasteiger partial charge in [-0.3, -0.25) is 0 Å². The number of halogens is 1. The molecule has 2 nitrogen and oxygen atoms in total. The van der Waals surface area contributed by atoms with Crippen LogP contribution in [0.4, 0.5) is 4.39 Å². The third-order valence-electron chi connectivity index (χ3n) is 2.14. The summed E-state index contributed by atoms with van der Waals surface area (Å²) < 4.78 is 13.8. The van der Waals surface area contributed by atoms with Crippen LogP contribution >= 0.6 is 0 Å². The van der Waals surface area contributed by atoms with E-state index in [9.17, 15) is 9.18 Å². The van der Waals surface area contributed by atoms with E-state index in [-0.39, 0.29) is 0 Å². The largest absolute Gasteiger partial charge is 0.238 e. The second-order valence-electron chi connectivity index (χ2n) is 3.47. The van der Waals surface area contributed by atoms with Crippen molar-refractivity contribution in [3.05, 3.63) is 34.9 Å². The van der Waals surface area contributed by atoms with Crippen LogP contribution in [0.3, 0.4) is 0 Å². The molecule has 0 N–H and O–H groups in total. The quantitative estimate of drug-likeness (QED) is 0.403. The van der Waals surface area contributed by atoms with Gasteiger partial charge in [0.1, 0.15) is 0 Å². The van der Waals surface area contributed by atoms with Gasteiger partial charge in [0, 0.05) is 5.56 Å². The van der Waals surface area contributed by atoms with E-state index in [0.717, 1.165) is 11.1 Å². The Morgan fingerprint density at radius 1 is 1.43 bits per heavy atom. The molecule has 1 rings (SSSR count). The summed E-state index contributed by atoms with van der Waals surface area (Å²) in [5.41, 5.74) is 2.14. The van der Waals surface area contributed by atoms with E-state index < -0.39 is 5.79 Å². The zero-order chi connectivity index (χ0) is 10.8. The lowest BCUT2D eigenvalue weighted by molar-refractivity contribution is 0.205. The highest BCUT2D eigenvalue weighted by Crippen LogP contribution is 2.29. The Morgan fingerprint density at radius 3 is 2.64 bits per heavy atom. The van der Waals surface area contributed by atoms with Gasteiger partial charge in [-0.25, -0.2) is 9.18 Å². The van der Waals surface area contributed by atoms with Gasteiger partial charge < -0.3 is 0 Å². The van der Waals surface area contributed by atoms with Crippen molar-refractivity contribution in [2.75, 3.05) is 0 Å². The van der Waals surface area contributed by atoms with Gasteiger partial charge in [0.15, 0.2) is 0 Å². The smallest absolute Gasteiger partial charge is 0.212 e. The number of aryl methyl sites for hydroxylation is 2. The Balaban J connectivity index is 3.30. The average molecular weight is 193 g/mol. The fraction of sp³-hybridized carbons (Fsp3) is 0.364. The summed E-state index contributed by atoms with van der Waals surface area (Å²) in [7, 11) is 0. The maximum absolute atomic E-state index is 13.8. The summed E-state index contributed by atoms with van der Waals surface area (Å²) in [6.45, 7) is 4.90. The fourth-order valence-corrected chi connectivity index (χ4v) is 1.37. The van der Waals surface area contributed by atoms with Crippen LogP contribution in [0, 0.1) is 13.8 Å². The number of isocyanates is 1. The number of benzene rings is 1. The number of carbonyl (C=O) groups excluding carboxylic acids is 1. The van der Waals surface area contributed by atoms with Crippen LogP contribution in [0.25, 0.3) is 0 Å². The second-order valence-corrected chi connectivity index (χ2v) is 3.47. The van der Waals surface area contributed by atoms with E-state index >= 15 is 0 Å². The molecule has 0 aliphatic rings. The van der Waals surface area contributed by atoms with Crippen molar-refractivity contribution in [2.24, 2.45) is 4.99 Å². The van der Waals surface area contributed by atoms with Crippen molar-refractivity contribution in [3.8, 4) is 0 Å². The van der Waals surface area contributed by atoms with Gasteiger partial charge in [-0.05, 0) is 26.3 Å². The fourth-order valence-electron chi connectivity index (χ4n) is 1.37. The molecule has 0 bridgehead atoms. The highest BCUT2D eigenvalue weighted by molar-refractivity contribution is 5.40. The first-order valence-corrected chi connectivity index (χ1v) is 4.33. The van der Waals surface area contributed by atoms with Crippen molar-refractivity contribution in [1.29, 1.82) is 0 Å². The minimum atomic E-state index is -1.97. The number of aliphatic imine (C=N–C) groups is 1. The maximum Gasteiger partial charge on any atom is 0.238 e. The molecule has 1 aromatic rings. The molecule has 0 aromatic heterocycles. The first kappa shape index (κ1) is 10.6. The molecule has 0 amide bonds. The van der Waals surface area contributed by atoms with Gasteiger partial charge in [-0.2, -0.15) is 4.99 Å². The third kappa shape index (κ3) is 2.06. The Morgan fingerprint density at radius 2 is 2.07 bits per heavy atom. The molecule has 0 radical (unpaired) electrons. The van der Waals surface area contributed by atoms with Gasteiger partial charge in [-0.15, -0.1) is 0 Å². The molecule has 0 fully saturated rings. The zero-order valence-corrected chi connectivity index (χ0v) is 8.47. The standard InChI is InChI=1S/C11H12FNO/c1-8-4-5-9(2)10(6-8)11(3,12)13-7-14/h4-6H,1-3H3. The molecule has 0 heterocycles. The van der Waals surface area contributed by atoms with Crippen LogP contribution in [0.15, 0.2) is 23.2 Å². The highest BCUT2D eigenvalue weighted by Gasteiger charge is 2.26. The van der Waals surface area contributed by atoms with Crippen molar-refractivity contribution in [3.63, 3.8) is 0 Å². The summed E-state index contributed by atoms with van der Waals surface area (Å²) >= 11 is 0. The number of nitrogens with zero attached hydrogens (tertiary/aromatic N) is 1. The predicted octanol–water partition coefficient (Wildman–Crippen LogP) is 2.78. The summed E-state index contributed by atoms with van der Waals surface area (Å²) in [5, 5.41) is 0. The predicted molar refractivity (Wildman–Crippen MR) is 52.5 cm³/mol. The van der Waals surface area contributed by atoms with Gasteiger partial charge in [0.05, 0.1) is 0 Å². The summed E-state index contributed by atoms with van der Waals surface area (Å²) in [6, 6.07) is 5.39. The minimum Gasteiger partial charge on any atom is -0.212 e. The molecule has 1 unspecified atom stereocenters. The molecule has 3 heteroatoms. The third-order valence-corrected chi connectivity index (χ3v) is 2.14. The van der Waals surface area contributed by atoms with Crippen LogP contribution in [-0.2, 0) is 10.6 Å². The van der Waals surface area contributed by atoms with E-state index in [4.69, 9.17) is 0 Å². The molecule has 74 valence electrons. The Labute approximate surface area is 82.5 Å². The maximum atomic E-state index is 13.8. The Hall–Kier alpha value is -1.47. The van der Waals surface area contributed by atoms with Crippen molar-refractivity contribution in [1.82, 2.24) is 0 Å². The summed E-state index contributed by atoms with van der Waals surface area (Å²) in [4.78, 5) is 13.2. The zero-order valence-electron chi connectivity index (χ0n) is 8.47. The van der Waals surface area contributed by atoms with E-state index in [1.54, 1.807) is 13.0 Å². The molecule has 1 aromatic carbocycles. The molecule has 14 heavy (non-hydrogen) atoms. The topological polar surface area (TPSA) is 29.4 Å². The summed E-state index contributed by atoms with van der Waals surface area (Å²) in [5.74, 6) is -1.97. The molecule has 0 aliphatic heterocycles. The Bertz CT molecular complexity index is 392. The first-order chi connectivity index (χ1) is 6.47. The van der Waals surface area contributed by atoms with E-state index in [2.05, 4.69) is 4.99 Å². The molecule has 0 saturated carbocycles. The van der Waals surface area contributed by atoms with E-state index in [0.29, 0.717) is 5.56 Å². The molecule has 0 saturated heterocycles. The lowest BCUT2D eigenvalue weighted by Crippen LogP contribution is -2.13. The van der Waals surface area contributed by atoms with Crippen molar-refractivity contribution >= 4 is 6.08 Å². The van der Waals surface area contributed by atoms with Crippen LogP contribution in [0.1, 0.15) is 23.6 Å². The van der Waals surface area contributed by atoms with Gasteiger partial charge in [-0.1, -0.05) is 23.8 Å². The highest BCUT2D eigenvalue weighted by atomic mass is 19.1. The van der Waals surface area contributed by atoms with E-state index in [1.165, 1.54) is 13.0 Å². The lowest BCUT2D eigenvalue weighted by Gasteiger charge is -2.16. The SMILES string of the molecule is Cc1ccc(C)c(C(C)(F)N=C=O)c1. The van der Waals surface area contributed by atoms with Crippen molar-refractivity contribution < 1.29 is 9.18 Å². The average Bonchev–Trinajstić information content (AvgIpc) is 2.09. The second kappa shape index (κ2) is 3.72. The van der Waals surface area contributed by atoms with E-state index in [1.807, 2.05) is 19.1 Å². The normalized spacial score (nSPS) is 14.3. The lowest BCUT2D eigenvalue weighted by atomic mass is 9.99. The minimum absolute atomic E-state index is 0.417. The van der Waals surface area contributed by atoms with Crippen LogP contribution in [0.5, 0.6) is 0 Å². The number of hydrogen-bond acceptors (Lipinski definition) is 2. The monoisotopic (exact) mass is 193 g/mol. The number of hydrogen-bond donors (Lipinski definition) is 0. The van der Waals surface area contributed by atoms with Crippen LogP contribution in [-0.4, -0.2) is 6.08 Å². The molecule has 1 atom stereocenters. The van der Waals surface area contributed by atoms with Crippen LogP contribution in [0.2, 0.25) is 0 Å². The van der Waals surface area contributed by atoms with Gasteiger partial charge in [0.2, 0.25) is 11.9 Å². The Kier molecular flexibility index (Phi) is 2.82. The molecule has 0 aliphatic carbocycles. The first-order valence-electron chi connectivity index (χ1n) is 4.33. The van der Waals surface area contributed by atoms with Gasteiger partial charge >= 0.3 is 0 Å². The number of rotatable bonds is 2. The molecular formula is C11H12FNO. The van der Waals surface area contributed by atoms with Gasteiger partial charge in [0.25, 0.3) is 0 Å². The number of alkyl halides is 1. The molecular weight excluding hydrogens is 181 g/mol. The van der Waals surface area contributed by atoms with Crippen molar-refractivity contribution in [2.45, 2.75) is 26.6 Å². The van der Waals surface area contributed by atoms with Crippen LogP contribution < -0.4 is 0 Å². The molecule has 0 spiro atoms.